The normalized spacial score (nSPS) is 19.2. The molecule has 8 heteroatoms. The lowest BCUT2D eigenvalue weighted by atomic mass is 10.2. The molecular weight excluding hydrogens is 296 g/mol. The van der Waals surface area contributed by atoms with Gasteiger partial charge in [-0.3, -0.25) is 14.5 Å². The number of halogens is 1. The Labute approximate surface area is 127 Å². The molecule has 0 saturated carbocycles. The smallest absolute Gasteiger partial charge is 0.238 e. The molecule has 0 aliphatic carbocycles. The first kappa shape index (κ1) is 15.6. The SMILES string of the molecule is NC(=O)C1COCCN1CC(=O)Nc1ccc(N)cc1Cl. The van der Waals surface area contributed by atoms with Crippen LogP contribution in [0.2, 0.25) is 5.02 Å². The molecular formula is C13H17ClN4O3. The van der Waals surface area contributed by atoms with Gasteiger partial charge in [-0.1, -0.05) is 11.6 Å². The molecule has 7 nitrogen and oxygen atoms in total. The molecule has 0 spiro atoms. The molecule has 2 rings (SSSR count). The number of nitrogens with one attached hydrogen (secondary N) is 1. The highest BCUT2D eigenvalue weighted by Gasteiger charge is 2.29. The molecule has 1 fully saturated rings. The molecule has 0 bridgehead atoms. The van der Waals surface area contributed by atoms with Gasteiger partial charge >= 0.3 is 0 Å². The minimum atomic E-state index is -0.591. The van der Waals surface area contributed by atoms with Crippen LogP contribution in [0.1, 0.15) is 0 Å². The summed E-state index contributed by atoms with van der Waals surface area (Å²) in [6.45, 7) is 1.17. The summed E-state index contributed by atoms with van der Waals surface area (Å²) >= 11 is 5.99. The Hall–Kier alpha value is -1.83. The number of hydrogen-bond donors (Lipinski definition) is 3. The van der Waals surface area contributed by atoms with Gasteiger partial charge in [0, 0.05) is 12.2 Å². The number of rotatable bonds is 4. The monoisotopic (exact) mass is 312 g/mol. The van der Waals surface area contributed by atoms with Crippen molar-refractivity contribution in [2.24, 2.45) is 5.73 Å². The van der Waals surface area contributed by atoms with E-state index in [0.717, 1.165) is 0 Å². The zero-order chi connectivity index (χ0) is 15.4. The number of amides is 2. The average molecular weight is 313 g/mol. The van der Waals surface area contributed by atoms with Gasteiger partial charge in [0.15, 0.2) is 0 Å². The van der Waals surface area contributed by atoms with Crippen molar-refractivity contribution in [1.29, 1.82) is 0 Å². The molecule has 0 aromatic heterocycles. The third-order valence-electron chi connectivity index (χ3n) is 3.18. The molecule has 21 heavy (non-hydrogen) atoms. The van der Waals surface area contributed by atoms with Gasteiger partial charge in [0.2, 0.25) is 11.8 Å². The highest BCUT2D eigenvalue weighted by molar-refractivity contribution is 6.34. The Morgan fingerprint density at radius 3 is 2.90 bits per heavy atom. The van der Waals surface area contributed by atoms with Gasteiger partial charge in [-0.15, -0.1) is 0 Å². The molecule has 1 aromatic rings. The predicted molar refractivity (Wildman–Crippen MR) is 79.9 cm³/mol. The van der Waals surface area contributed by atoms with E-state index < -0.39 is 11.9 Å². The second-order valence-electron chi connectivity index (χ2n) is 4.75. The Morgan fingerprint density at radius 2 is 2.24 bits per heavy atom. The number of primary amides is 1. The fourth-order valence-electron chi connectivity index (χ4n) is 2.10. The van der Waals surface area contributed by atoms with Crippen molar-refractivity contribution in [2.45, 2.75) is 6.04 Å². The number of carbonyl (C=O) groups excluding carboxylic acids is 2. The fourth-order valence-corrected chi connectivity index (χ4v) is 2.33. The first-order valence-corrected chi connectivity index (χ1v) is 6.81. The van der Waals surface area contributed by atoms with Crippen LogP contribution >= 0.6 is 11.6 Å². The van der Waals surface area contributed by atoms with Crippen LogP contribution in [0.25, 0.3) is 0 Å². The minimum Gasteiger partial charge on any atom is -0.399 e. The molecule has 114 valence electrons. The average Bonchev–Trinajstić information content (AvgIpc) is 2.42. The maximum absolute atomic E-state index is 12.1. The third-order valence-corrected chi connectivity index (χ3v) is 3.49. The number of nitrogens with zero attached hydrogens (tertiary/aromatic N) is 1. The van der Waals surface area contributed by atoms with Gasteiger partial charge in [0.25, 0.3) is 0 Å². The van der Waals surface area contributed by atoms with Crippen LogP contribution in [0.15, 0.2) is 18.2 Å². The standard InChI is InChI=1S/C13H17ClN4O3/c14-9-5-8(15)1-2-10(9)17-12(19)6-18-3-4-21-7-11(18)13(16)20/h1-2,5,11H,3-4,6-7,15H2,(H2,16,20)(H,17,19). The van der Waals surface area contributed by atoms with Crippen molar-refractivity contribution in [3.8, 4) is 0 Å². The second kappa shape index (κ2) is 6.75. The summed E-state index contributed by atoms with van der Waals surface area (Å²) < 4.78 is 5.20. The van der Waals surface area contributed by atoms with E-state index in [-0.39, 0.29) is 19.1 Å². The van der Waals surface area contributed by atoms with Crippen molar-refractivity contribution in [2.75, 3.05) is 37.4 Å². The van der Waals surface area contributed by atoms with Crippen LogP contribution in [0.5, 0.6) is 0 Å². The van der Waals surface area contributed by atoms with Crippen molar-refractivity contribution >= 4 is 34.8 Å². The van der Waals surface area contributed by atoms with Crippen molar-refractivity contribution in [3.05, 3.63) is 23.2 Å². The number of anilines is 2. The first-order chi connectivity index (χ1) is 9.97. The summed E-state index contributed by atoms with van der Waals surface area (Å²) in [5.41, 5.74) is 11.9. The van der Waals surface area contributed by atoms with E-state index >= 15 is 0 Å². The van der Waals surface area contributed by atoms with Crippen molar-refractivity contribution < 1.29 is 14.3 Å². The molecule has 1 aromatic carbocycles. The molecule has 1 heterocycles. The fraction of sp³-hybridized carbons (Fsp3) is 0.385. The molecule has 5 N–H and O–H groups in total. The highest BCUT2D eigenvalue weighted by atomic mass is 35.5. The van der Waals surface area contributed by atoms with Gasteiger partial charge in [-0.2, -0.15) is 0 Å². The highest BCUT2D eigenvalue weighted by Crippen LogP contribution is 2.24. The first-order valence-electron chi connectivity index (χ1n) is 6.43. The number of morpholine rings is 1. The van der Waals surface area contributed by atoms with Crippen LogP contribution in [-0.4, -0.2) is 49.1 Å². The summed E-state index contributed by atoms with van der Waals surface area (Å²) in [6, 6.07) is 4.23. The quantitative estimate of drug-likeness (QED) is 0.680. The van der Waals surface area contributed by atoms with Crippen LogP contribution in [0.3, 0.4) is 0 Å². The topological polar surface area (TPSA) is 111 Å². The number of nitrogen functional groups attached to an aromatic ring is 1. The maximum atomic E-state index is 12.1. The maximum Gasteiger partial charge on any atom is 0.238 e. The van der Waals surface area contributed by atoms with Crippen LogP contribution in [0, 0.1) is 0 Å². The van der Waals surface area contributed by atoms with Gasteiger partial charge < -0.3 is 21.5 Å². The Kier molecular flexibility index (Phi) is 5.00. The third kappa shape index (κ3) is 4.07. The van der Waals surface area contributed by atoms with Gasteiger partial charge in [0.1, 0.15) is 6.04 Å². The summed E-state index contributed by atoms with van der Waals surface area (Å²) in [5.74, 6) is -0.789. The number of carbonyl (C=O) groups is 2. The summed E-state index contributed by atoms with van der Waals surface area (Å²) in [4.78, 5) is 25.1. The van der Waals surface area contributed by atoms with E-state index in [0.29, 0.717) is 29.5 Å². The lowest BCUT2D eigenvalue weighted by Gasteiger charge is -2.32. The lowest BCUT2D eigenvalue weighted by Crippen LogP contribution is -2.54. The zero-order valence-electron chi connectivity index (χ0n) is 11.3. The Balaban J connectivity index is 1.98. The largest absolute Gasteiger partial charge is 0.399 e. The van der Waals surface area contributed by atoms with Crippen LogP contribution in [-0.2, 0) is 14.3 Å². The predicted octanol–water partition coefficient (Wildman–Crippen LogP) is 0.0468. The summed E-state index contributed by atoms with van der Waals surface area (Å²) in [7, 11) is 0. The summed E-state index contributed by atoms with van der Waals surface area (Å²) in [5, 5.41) is 3.04. The molecule has 2 amide bonds. The number of benzene rings is 1. The van der Waals surface area contributed by atoms with Gasteiger partial charge in [-0.25, -0.2) is 0 Å². The summed E-state index contributed by atoms with van der Waals surface area (Å²) in [6.07, 6.45) is 0. The number of nitrogens with two attached hydrogens (primary N) is 2. The van der Waals surface area contributed by atoms with Crippen molar-refractivity contribution in [1.82, 2.24) is 4.90 Å². The van der Waals surface area contributed by atoms with E-state index in [1.165, 1.54) is 0 Å². The molecule has 1 aliphatic heterocycles. The van der Waals surface area contributed by atoms with E-state index in [9.17, 15) is 9.59 Å². The van der Waals surface area contributed by atoms with Gasteiger partial charge in [-0.05, 0) is 18.2 Å². The Morgan fingerprint density at radius 1 is 1.48 bits per heavy atom. The van der Waals surface area contributed by atoms with E-state index in [1.54, 1.807) is 23.1 Å². The van der Waals surface area contributed by atoms with Crippen LogP contribution < -0.4 is 16.8 Å². The van der Waals surface area contributed by atoms with E-state index in [4.69, 9.17) is 27.8 Å². The molecule has 1 saturated heterocycles. The Bertz CT molecular complexity index is 552. The molecule has 0 radical (unpaired) electrons. The second-order valence-corrected chi connectivity index (χ2v) is 5.16. The lowest BCUT2D eigenvalue weighted by molar-refractivity contribution is -0.131. The molecule has 1 aliphatic rings. The number of ether oxygens (including phenoxy) is 1. The zero-order valence-corrected chi connectivity index (χ0v) is 12.1. The minimum absolute atomic E-state index is 0.0394. The van der Waals surface area contributed by atoms with Crippen molar-refractivity contribution in [3.63, 3.8) is 0 Å². The number of hydrogen-bond acceptors (Lipinski definition) is 5. The van der Waals surface area contributed by atoms with Crippen LogP contribution in [0.4, 0.5) is 11.4 Å². The van der Waals surface area contributed by atoms with Gasteiger partial charge in [0.05, 0.1) is 30.5 Å². The molecule has 1 unspecified atom stereocenters. The van der Waals surface area contributed by atoms with E-state index in [2.05, 4.69) is 5.32 Å². The van der Waals surface area contributed by atoms with E-state index in [1.807, 2.05) is 0 Å². The molecule has 1 atom stereocenters.